The summed E-state index contributed by atoms with van der Waals surface area (Å²) in [6.45, 7) is 5.20. The van der Waals surface area contributed by atoms with E-state index in [9.17, 15) is 0 Å². The van der Waals surface area contributed by atoms with Gasteiger partial charge in [-0.25, -0.2) is 0 Å². The molecule has 1 aromatic carbocycles. The lowest BCUT2D eigenvalue weighted by molar-refractivity contribution is 0.268. The van der Waals surface area contributed by atoms with E-state index in [1.165, 1.54) is 12.0 Å². The predicted octanol–water partition coefficient (Wildman–Crippen LogP) is 1.18. The second-order valence-electron chi connectivity index (χ2n) is 5.42. The first kappa shape index (κ1) is 15.8. The Balaban J connectivity index is 2.16. The van der Waals surface area contributed by atoms with Crippen LogP contribution in [0.5, 0.6) is 5.75 Å². The molecule has 0 unspecified atom stereocenters. The predicted molar refractivity (Wildman–Crippen MR) is 84.3 cm³/mol. The maximum Gasteiger partial charge on any atom is 0.119 e. The first-order valence-electron chi connectivity index (χ1n) is 7.40. The summed E-state index contributed by atoms with van der Waals surface area (Å²) >= 11 is 0. The fraction of sp³-hybridized carbons (Fsp3) is 0.529. The van der Waals surface area contributed by atoms with E-state index in [0.29, 0.717) is 0 Å². The number of hydrogen-bond donors (Lipinski definition) is 1. The highest BCUT2D eigenvalue weighted by molar-refractivity contribution is 5.45. The highest BCUT2D eigenvalue weighted by Gasteiger charge is 2.14. The molecular weight excluding hydrogens is 264 g/mol. The minimum atomic E-state index is -0.111. The molecule has 1 aliphatic rings. The lowest BCUT2D eigenvalue weighted by Gasteiger charge is -2.21. The Morgan fingerprint density at radius 2 is 2.10 bits per heavy atom. The van der Waals surface area contributed by atoms with E-state index in [-0.39, 0.29) is 6.61 Å². The van der Waals surface area contributed by atoms with E-state index >= 15 is 0 Å². The smallest absolute Gasteiger partial charge is 0.119 e. The highest BCUT2D eigenvalue weighted by atomic mass is 16.5. The molecule has 0 saturated carbocycles. The van der Waals surface area contributed by atoms with Crippen LogP contribution in [0.2, 0.25) is 0 Å². The topological polar surface area (TPSA) is 35.9 Å². The SMILES string of the molecule is COc1ccc(C#CCO)c(CN2CCCN(C)CC2)c1. The largest absolute Gasteiger partial charge is 0.497 e. The van der Waals surface area contributed by atoms with Crippen molar-refractivity contribution in [1.29, 1.82) is 0 Å². The van der Waals surface area contributed by atoms with E-state index in [4.69, 9.17) is 9.84 Å². The summed E-state index contributed by atoms with van der Waals surface area (Å²) in [6.07, 6.45) is 1.19. The Morgan fingerprint density at radius 1 is 1.24 bits per heavy atom. The zero-order chi connectivity index (χ0) is 15.1. The quantitative estimate of drug-likeness (QED) is 0.847. The second-order valence-corrected chi connectivity index (χ2v) is 5.42. The van der Waals surface area contributed by atoms with Crippen molar-refractivity contribution in [1.82, 2.24) is 9.80 Å². The van der Waals surface area contributed by atoms with Gasteiger partial charge in [-0.3, -0.25) is 4.90 Å². The Bertz CT molecular complexity index is 519. The number of benzene rings is 1. The zero-order valence-electron chi connectivity index (χ0n) is 12.9. The molecule has 1 heterocycles. The van der Waals surface area contributed by atoms with Crippen LogP contribution >= 0.6 is 0 Å². The van der Waals surface area contributed by atoms with E-state index < -0.39 is 0 Å². The van der Waals surface area contributed by atoms with Crippen LogP contribution < -0.4 is 4.74 Å². The van der Waals surface area contributed by atoms with Crippen LogP contribution in [0.4, 0.5) is 0 Å². The van der Waals surface area contributed by atoms with Crippen LogP contribution in [0.25, 0.3) is 0 Å². The van der Waals surface area contributed by atoms with Gasteiger partial charge in [0, 0.05) is 25.2 Å². The molecule has 0 bridgehead atoms. The number of aliphatic hydroxyl groups is 1. The van der Waals surface area contributed by atoms with Gasteiger partial charge in [-0.2, -0.15) is 0 Å². The molecule has 1 N–H and O–H groups in total. The van der Waals surface area contributed by atoms with Gasteiger partial charge in [0.2, 0.25) is 0 Å². The highest BCUT2D eigenvalue weighted by Crippen LogP contribution is 2.19. The van der Waals surface area contributed by atoms with E-state index in [1.54, 1.807) is 7.11 Å². The molecule has 4 nitrogen and oxygen atoms in total. The van der Waals surface area contributed by atoms with Crippen molar-refractivity contribution in [2.45, 2.75) is 13.0 Å². The number of ether oxygens (including phenoxy) is 1. The average Bonchev–Trinajstić information content (AvgIpc) is 2.70. The zero-order valence-corrected chi connectivity index (χ0v) is 12.9. The molecule has 1 saturated heterocycles. The third-order valence-electron chi connectivity index (χ3n) is 3.82. The van der Waals surface area contributed by atoms with Crippen molar-refractivity contribution in [3.63, 3.8) is 0 Å². The molecule has 0 radical (unpaired) electrons. The van der Waals surface area contributed by atoms with Crippen molar-refractivity contribution < 1.29 is 9.84 Å². The van der Waals surface area contributed by atoms with Gasteiger partial charge in [0.05, 0.1) is 7.11 Å². The van der Waals surface area contributed by atoms with Crippen molar-refractivity contribution in [3.05, 3.63) is 29.3 Å². The molecule has 114 valence electrons. The number of aliphatic hydroxyl groups excluding tert-OH is 1. The van der Waals surface area contributed by atoms with Gasteiger partial charge in [0.1, 0.15) is 12.4 Å². The molecule has 0 aromatic heterocycles. The van der Waals surface area contributed by atoms with Crippen molar-refractivity contribution in [3.8, 4) is 17.6 Å². The summed E-state index contributed by atoms with van der Waals surface area (Å²) in [6, 6.07) is 5.94. The van der Waals surface area contributed by atoms with Crippen LogP contribution in [0, 0.1) is 11.8 Å². The van der Waals surface area contributed by atoms with Gasteiger partial charge < -0.3 is 14.7 Å². The number of methoxy groups -OCH3 is 1. The van der Waals surface area contributed by atoms with Crippen LogP contribution in [0.15, 0.2) is 18.2 Å². The maximum atomic E-state index is 8.89. The molecule has 4 heteroatoms. The average molecular weight is 288 g/mol. The summed E-state index contributed by atoms with van der Waals surface area (Å²) in [7, 11) is 3.85. The number of nitrogens with zero attached hydrogens (tertiary/aromatic N) is 2. The Kier molecular flexibility index (Phi) is 6.06. The third-order valence-corrected chi connectivity index (χ3v) is 3.82. The van der Waals surface area contributed by atoms with Crippen LogP contribution in [-0.2, 0) is 6.54 Å². The first-order valence-corrected chi connectivity index (χ1v) is 7.40. The van der Waals surface area contributed by atoms with E-state index in [0.717, 1.165) is 44.0 Å². The van der Waals surface area contributed by atoms with Crippen LogP contribution in [0.3, 0.4) is 0 Å². The molecule has 0 atom stereocenters. The summed E-state index contributed by atoms with van der Waals surface area (Å²) in [4.78, 5) is 4.83. The molecule has 0 spiro atoms. The van der Waals surface area contributed by atoms with E-state index in [2.05, 4.69) is 34.8 Å². The monoisotopic (exact) mass is 288 g/mol. The van der Waals surface area contributed by atoms with Gasteiger partial charge in [0.25, 0.3) is 0 Å². The van der Waals surface area contributed by atoms with Crippen LogP contribution in [0.1, 0.15) is 17.5 Å². The maximum absolute atomic E-state index is 8.89. The van der Waals surface area contributed by atoms with E-state index in [1.807, 2.05) is 12.1 Å². The van der Waals surface area contributed by atoms with Crippen LogP contribution in [-0.4, -0.2) is 61.8 Å². The normalized spacial score (nSPS) is 16.9. The van der Waals surface area contributed by atoms with Gasteiger partial charge in [-0.15, -0.1) is 0 Å². The summed E-state index contributed by atoms with van der Waals surface area (Å²) in [5.74, 6) is 6.63. The molecule has 1 fully saturated rings. The standard InChI is InChI=1S/C17H24N2O2/c1-18-8-4-9-19(11-10-18)14-16-13-17(21-2)7-6-15(16)5-3-12-20/h6-7,13,20H,4,8-12,14H2,1-2H3. The Hall–Kier alpha value is -1.54. The molecule has 1 aliphatic heterocycles. The third kappa shape index (κ3) is 4.75. The summed E-state index contributed by atoms with van der Waals surface area (Å²) in [5.41, 5.74) is 2.14. The van der Waals surface area contributed by atoms with Crippen molar-refractivity contribution >= 4 is 0 Å². The number of likely N-dealkylation sites (N-methyl/N-ethyl adjacent to an activating group) is 1. The Morgan fingerprint density at radius 3 is 2.86 bits per heavy atom. The molecule has 0 aliphatic carbocycles. The molecule has 0 amide bonds. The molecule has 1 aromatic rings. The van der Waals surface area contributed by atoms with Gasteiger partial charge >= 0.3 is 0 Å². The first-order chi connectivity index (χ1) is 10.2. The second kappa shape index (κ2) is 8.04. The fourth-order valence-electron chi connectivity index (χ4n) is 2.58. The minimum Gasteiger partial charge on any atom is -0.497 e. The summed E-state index contributed by atoms with van der Waals surface area (Å²) in [5, 5.41) is 8.89. The van der Waals surface area contributed by atoms with Gasteiger partial charge in [0.15, 0.2) is 0 Å². The number of rotatable bonds is 3. The van der Waals surface area contributed by atoms with Crippen molar-refractivity contribution in [2.75, 3.05) is 46.9 Å². The van der Waals surface area contributed by atoms with Gasteiger partial charge in [-0.05, 0) is 50.3 Å². The fourth-order valence-corrected chi connectivity index (χ4v) is 2.58. The lowest BCUT2D eigenvalue weighted by Crippen LogP contribution is -2.28. The van der Waals surface area contributed by atoms with Gasteiger partial charge in [-0.1, -0.05) is 11.8 Å². The lowest BCUT2D eigenvalue weighted by atomic mass is 10.1. The molecule has 2 rings (SSSR count). The number of hydrogen-bond acceptors (Lipinski definition) is 4. The molecule has 21 heavy (non-hydrogen) atoms. The Labute approximate surface area is 127 Å². The van der Waals surface area contributed by atoms with Crippen molar-refractivity contribution in [2.24, 2.45) is 0 Å². The summed E-state index contributed by atoms with van der Waals surface area (Å²) < 4.78 is 5.32. The molecular formula is C17H24N2O2. The minimum absolute atomic E-state index is 0.111.